The second-order valence-electron chi connectivity index (χ2n) is 4.11. The van der Waals surface area contributed by atoms with Crippen LogP contribution >= 0.6 is 11.6 Å². The standard InChI is InChI=1S/C15H12ClFN2/c16-14-4-2-1-3-12(14)9-19-10-13-7-11(8-18)5-6-15(13)17/h1-7,19H,9-10H2. The van der Waals surface area contributed by atoms with Gasteiger partial charge in [-0.3, -0.25) is 0 Å². The zero-order valence-electron chi connectivity index (χ0n) is 10.2. The molecule has 0 atom stereocenters. The predicted octanol–water partition coefficient (Wildman–Crippen LogP) is 3.64. The molecule has 0 aliphatic carbocycles. The highest BCUT2D eigenvalue weighted by molar-refractivity contribution is 6.31. The van der Waals surface area contributed by atoms with Crippen molar-refractivity contribution in [3.8, 4) is 6.07 Å². The third kappa shape index (κ3) is 3.54. The van der Waals surface area contributed by atoms with Crippen LogP contribution in [0.5, 0.6) is 0 Å². The lowest BCUT2D eigenvalue weighted by atomic mass is 10.1. The Bertz CT molecular complexity index is 620. The molecule has 4 heteroatoms. The molecule has 0 saturated carbocycles. The molecule has 1 N–H and O–H groups in total. The molecular formula is C15H12ClFN2. The Kier molecular flexibility index (Phi) is 4.51. The molecule has 0 heterocycles. The van der Waals surface area contributed by atoms with Crippen molar-refractivity contribution in [2.24, 2.45) is 0 Å². The van der Waals surface area contributed by atoms with Gasteiger partial charge in [0.05, 0.1) is 11.6 Å². The van der Waals surface area contributed by atoms with Gasteiger partial charge >= 0.3 is 0 Å². The third-order valence-electron chi connectivity index (χ3n) is 2.76. The predicted molar refractivity (Wildman–Crippen MR) is 73.1 cm³/mol. The summed E-state index contributed by atoms with van der Waals surface area (Å²) in [6.45, 7) is 0.905. The fourth-order valence-corrected chi connectivity index (χ4v) is 1.96. The first-order valence-electron chi connectivity index (χ1n) is 5.83. The van der Waals surface area contributed by atoms with E-state index in [0.29, 0.717) is 29.2 Å². The zero-order chi connectivity index (χ0) is 13.7. The molecule has 0 aliphatic heterocycles. The molecule has 2 nitrogen and oxygen atoms in total. The summed E-state index contributed by atoms with van der Waals surface area (Å²) in [4.78, 5) is 0. The molecule has 0 unspecified atom stereocenters. The van der Waals surface area contributed by atoms with Crippen LogP contribution in [0.25, 0.3) is 0 Å². The van der Waals surface area contributed by atoms with Gasteiger partial charge in [-0.25, -0.2) is 4.39 Å². The highest BCUT2D eigenvalue weighted by atomic mass is 35.5. The normalized spacial score (nSPS) is 10.2. The Morgan fingerprint density at radius 3 is 2.58 bits per heavy atom. The van der Waals surface area contributed by atoms with Crippen LogP contribution < -0.4 is 5.32 Å². The van der Waals surface area contributed by atoms with Gasteiger partial charge in [-0.2, -0.15) is 5.26 Å². The van der Waals surface area contributed by atoms with Crippen molar-refractivity contribution in [3.05, 3.63) is 70.0 Å². The summed E-state index contributed by atoms with van der Waals surface area (Å²) in [6.07, 6.45) is 0. The summed E-state index contributed by atoms with van der Waals surface area (Å²) in [5, 5.41) is 12.6. The number of rotatable bonds is 4. The molecule has 0 amide bonds. The number of nitriles is 1. The van der Waals surface area contributed by atoms with Gasteiger partial charge in [0.25, 0.3) is 0 Å². The minimum Gasteiger partial charge on any atom is -0.308 e. The van der Waals surface area contributed by atoms with E-state index in [0.717, 1.165) is 5.56 Å². The van der Waals surface area contributed by atoms with Gasteiger partial charge in [0.1, 0.15) is 5.82 Å². The summed E-state index contributed by atoms with van der Waals surface area (Å²) >= 11 is 6.03. The van der Waals surface area contributed by atoms with Crippen LogP contribution in [0.3, 0.4) is 0 Å². The van der Waals surface area contributed by atoms with Gasteiger partial charge in [-0.1, -0.05) is 29.8 Å². The quantitative estimate of drug-likeness (QED) is 0.924. The number of nitrogens with one attached hydrogen (secondary N) is 1. The van der Waals surface area contributed by atoms with Gasteiger partial charge in [-0.15, -0.1) is 0 Å². The lowest BCUT2D eigenvalue weighted by Gasteiger charge is -2.07. The van der Waals surface area contributed by atoms with Crippen molar-refractivity contribution < 1.29 is 4.39 Å². The average molecular weight is 275 g/mol. The SMILES string of the molecule is N#Cc1ccc(F)c(CNCc2ccccc2Cl)c1. The van der Waals surface area contributed by atoms with Crippen LogP contribution in [0.2, 0.25) is 5.02 Å². The first kappa shape index (κ1) is 13.5. The molecule has 0 bridgehead atoms. The lowest BCUT2D eigenvalue weighted by Crippen LogP contribution is -2.14. The topological polar surface area (TPSA) is 35.8 Å². The average Bonchev–Trinajstić information content (AvgIpc) is 2.43. The molecule has 2 aromatic carbocycles. The summed E-state index contributed by atoms with van der Waals surface area (Å²) in [5.41, 5.74) is 1.89. The molecule has 19 heavy (non-hydrogen) atoms. The first-order chi connectivity index (χ1) is 9.20. The smallest absolute Gasteiger partial charge is 0.127 e. The van der Waals surface area contributed by atoms with E-state index in [1.54, 1.807) is 6.07 Å². The second kappa shape index (κ2) is 6.33. The molecule has 0 radical (unpaired) electrons. The highest BCUT2D eigenvalue weighted by Gasteiger charge is 2.04. The van der Waals surface area contributed by atoms with Crippen molar-refractivity contribution in [2.75, 3.05) is 0 Å². The Balaban J connectivity index is 2.00. The van der Waals surface area contributed by atoms with E-state index in [2.05, 4.69) is 5.32 Å². The summed E-state index contributed by atoms with van der Waals surface area (Å²) in [7, 11) is 0. The van der Waals surface area contributed by atoms with E-state index in [1.807, 2.05) is 30.3 Å². The monoisotopic (exact) mass is 274 g/mol. The Morgan fingerprint density at radius 1 is 1.11 bits per heavy atom. The van der Waals surface area contributed by atoms with Crippen LogP contribution in [-0.4, -0.2) is 0 Å². The number of nitrogens with zero attached hydrogens (tertiary/aromatic N) is 1. The minimum atomic E-state index is -0.314. The Labute approximate surface area is 116 Å². The first-order valence-corrected chi connectivity index (χ1v) is 6.21. The maximum Gasteiger partial charge on any atom is 0.127 e. The van der Waals surface area contributed by atoms with E-state index in [9.17, 15) is 4.39 Å². The van der Waals surface area contributed by atoms with Crippen molar-refractivity contribution in [1.82, 2.24) is 5.32 Å². The van der Waals surface area contributed by atoms with Gasteiger partial charge in [0.2, 0.25) is 0 Å². The van der Waals surface area contributed by atoms with Gasteiger partial charge in [0.15, 0.2) is 0 Å². The molecule has 2 aromatic rings. The summed E-state index contributed by atoms with van der Waals surface area (Å²) < 4.78 is 13.5. The Morgan fingerprint density at radius 2 is 1.84 bits per heavy atom. The second-order valence-corrected chi connectivity index (χ2v) is 4.52. The van der Waals surface area contributed by atoms with Crippen molar-refractivity contribution in [1.29, 1.82) is 5.26 Å². The molecule has 0 spiro atoms. The van der Waals surface area contributed by atoms with Gasteiger partial charge in [0, 0.05) is 23.7 Å². The van der Waals surface area contributed by atoms with E-state index >= 15 is 0 Å². The van der Waals surface area contributed by atoms with E-state index < -0.39 is 0 Å². The molecule has 0 aliphatic rings. The lowest BCUT2D eigenvalue weighted by molar-refractivity contribution is 0.588. The summed E-state index contributed by atoms with van der Waals surface area (Å²) in [5.74, 6) is -0.314. The van der Waals surface area contributed by atoms with Crippen molar-refractivity contribution in [3.63, 3.8) is 0 Å². The van der Waals surface area contributed by atoms with Crippen LogP contribution in [0.4, 0.5) is 4.39 Å². The van der Waals surface area contributed by atoms with Gasteiger partial charge in [-0.05, 0) is 29.8 Å². The fourth-order valence-electron chi connectivity index (χ4n) is 1.75. The van der Waals surface area contributed by atoms with Crippen LogP contribution in [0.1, 0.15) is 16.7 Å². The van der Waals surface area contributed by atoms with E-state index in [4.69, 9.17) is 16.9 Å². The molecular weight excluding hydrogens is 263 g/mol. The third-order valence-corrected chi connectivity index (χ3v) is 3.13. The van der Waals surface area contributed by atoms with Crippen LogP contribution in [0.15, 0.2) is 42.5 Å². The van der Waals surface area contributed by atoms with E-state index in [-0.39, 0.29) is 5.82 Å². The Hall–Kier alpha value is -1.89. The maximum absolute atomic E-state index is 13.5. The number of hydrogen-bond donors (Lipinski definition) is 1. The number of hydrogen-bond acceptors (Lipinski definition) is 2. The zero-order valence-corrected chi connectivity index (χ0v) is 10.9. The highest BCUT2D eigenvalue weighted by Crippen LogP contribution is 2.15. The largest absolute Gasteiger partial charge is 0.308 e. The van der Waals surface area contributed by atoms with Crippen molar-refractivity contribution in [2.45, 2.75) is 13.1 Å². The number of halogens is 2. The van der Waals surface area contributed by atoms with Gasteiger partial charge < -0.3 is 5.32 Å². The summed E-state index contributed by atoms with van der Waals surface area (Å²) in [6, 6.07) is 13.8. The molecule has 0 fully saturated rings. The van der Waals surface area contributed by atoms with Crippen LogP contribution in [-0.2, 0) is 13.1 Å². The molecule has 96 valence electrons. The van der Waals surface area contributed by atoms with Crippen LogP contribution in [0, 0.1) is 17.1 Å². The number of benzene rings is 2. The fraction of sp³-hybridized carbons (Fsp3) is 0.133. The maximum atomic E-state index is 13.5. The molecule has 2 rings (SSSR count). The van der Waals surface area contributed by atoms with E-state index in [1.165, 1.54) is 12.1 Å². The molecule has 0 saturated heterocycles. The van der Waals surface area contributed by atoms with Crippen molar-refractivity contribution >= 4 is 11.6 Å². The minimum absolute atomic E-state index is 0.314. The molecule has 0 aromatic heterocycles.